The van der Waals surface area contributed by atoms with Crippen LogP contribution in [0, 0.1) is 0 Å². The Hall–Kier alpha value is -2.08. The van der Waals surface area contributed by atoms with Crippen LogP contribution >= 0.6 is 11.6 Å². The molecule has 0 bridgehead atoms. The minimum absolute atomic E-state index is 0.00432. The zero-order valence-electron chi connectivity index (χ0n) is 18.9. The summed E-state index contributed by atoms with van der Waals surface area (Å²) in [4.78, 5) is 16.3. The van der Waals surface area contributed by atoms with Crippen LogP contribution in [0.4, 0.5) is 0 Å². The Bertz CT molecular complexity index is 1120. The van der Waals surface area contributed by atoms with Gasteiger partial charge in [-0.25, -0.2) is 0 Å². The molecule has 0 spiro atoms. The fourth-order valence-electron chi connectivity index (χ4n) is 4.02. The van der Waals surface area contributed by atoms with Crippen LogP contribution in [-0.2, 0) is 10.8 Å². The third-order valence-electron chi connectivity index (χ3n) is 6.95. The van der Waals surface area contributed by atoms with Gasteiger partial charge in [0.15, 0.2) is 8.32 Å². The van der Waals surface area contributed by atoms with E-state index in [0.717, 1.165) is 17.3 Å². The number of carbonyl (C=O) groups excluding carboxylic acids is 1. The lowest BCUT2D eigenvalue weighted by Crippen LogP contribution is -2.44. The maximum atomic E-state index is 13.1. The summed E-state index contributed by atoms with van der Waals surface area (Å²) in [5, 5.41) is 5.02. The van der Waals surface area contributed by atoms with Crippen molar-refractivity contribution in [2.45, 2.75) is 57.3 Å². The van der Waals surface area contributed by atoms with Crippen molar-refractivity contribution in [3.8, 4) is 0 Å². The molecule has 2 atom stereocenters. The molecule has 1 aliphatic carbocycles. The highest BCUT2D eigenvalue weighted by molar-refractivity contribution is 6.74. The number of hydrogen-bond donors (Lipinski definition) is 2. The fourth-order valence-corrected chi connectivity index (χ4v) is 5.23. The predicted molar refractivity (Wildman–Crippen MR) is 131 cm³/mol. The van der Waals surface area contributed by atoms with Gasteiger partial charge in [-0.3, -0.25) is 4.79 Å². The van der Waals surface area contributed by atoms with Crippen molar-refractivity contribution in [3.05, 3.63) is 70.4 Å². The Kier molecular flexibility index (Phi) is 5.79. The Labute approximate surface area is 190 Å². The molecule has 6 heteroatoms. The minimum atomic E-state index is -1.89. The topological polar surface area (TPSA) is 54.1 Å². The van der Waals surface area contributed by atoms with Gasteiger partial charge in [-0.1, -0.05) is 56.6 Å². The molecule has 164 valence electrons. The number of H-pyrrole nitrogens is 1. The standard InChI is InChI=1S/C25H31ClN2O2Si/c1-25(2,3)31(4,5)30-15-20-19-9-7-6-8-16(19)13-22(20)28-24(29)23-14-17-12-18(26)10-11-21(17)27-23/h6-12,14,20,22,27H,13,15H2,1-5H3,(H,28,29)/t20-,22+/m0/s1. The number of fused-ring (bicyclic) bond motifs is 2. The van der Waals surface area contributed by atoms with E-state index in [2.05, 4.69) is 68.4 Å². The van der Waals surface area contributed by atoms with E-state index in [9.17, 15) is 4.79 Å². The van der Waals surface area contributed by atoms with Crippen LogP contribution in [0.1, 0.15) is 48.3 Å². The molecular weight excluding hydrogens is 424 g/mol. The summed E-state index contributed by atoms with van der Waals surface area (Å²) in [6, 6.07) is 15.9. The molecule has 1 amide bonds. The molecular formula is C25H31ClN2O2Si. The number of aromatic amines is 1. The van der Waals surface area contributed by atoms with Crippen LogP contribution in [0.15, 0.2) is 48.5 Å². The summed E-state index contributed by atoms with van der Waals surface area (Å²) < 4.78 is 6.58. The molecule has 0 radical (unpaired) electrons. The quantitative estimate of drug-likeness (QED) is 0.445. The zero-order chi connectivity index (χ0) is 22.4. The molecule has 2 aromatic carbocycles. The van der Waals surface area contributed by atoms with E-state index in [-0.39, 0.29) is 22.9 Å². The van der Waals surface area contributed by atoms with Gasteiger partial charge in [0, 0.05) is 34.5 Å². The molecule has 4 rings (SSSR count). The summed E-state index contributed by atoms with van der Waals surface area (Å²) >= 11 is 6.09. The smallest absolute Gasteiger partial charge is 0.267 e. The molecule has 31 heavy (non-hydrogen) atoms. The van der Waals surface area contributed by atoms with Gasteiger partial charge in [-0.2, -0.15) is 0 Å². The summed E-state index contributed by atoms with van der Waals surface area (Å²) in [6.07, 6.45) is 0.819. The van der Waals surface area contributed by atoms with Crippen molar-refractivity contribution in [3.63, 3.8) is 0 Å². The van der Waals surface area contributed by atoms with E-state index in [0.29, 0.717) is 17.3 Å². The lowest BCUT2D eigenvalue weighted by molar-refractivity contribution is 0.0923. The molecule has 0 saturated carbocycles. The van der Waals surface area contributed by atoms with E-state index < -0.39 is 8.32 Å². The molecule has 0 saturated heterocycles. The van der Waals surface area contributed by atoms with E-state index in [4.69, 9.17) is 16.0 Å². The maximum absolute atomic E-state index is 13.1. The highest BCUT2D eigenvalue weighted by Crippen LogP contribution is 2.39. The number of benzene rings is 2. The van der Waals surface area contributed by atoms with Crippen molar-refractivity contribution in [2.75, 3.05) is 6.61 Å². The van der Waals surface area contributed by atoms with Gasteiger partial charge in [0.25, 0.3) is 5.91 Å². The fraction of sp³-hybridized carbons (Fsp3) is 0.400. The average Bonchev–Trinajstić information content (AvgIpc) is 3.26. The number of carbonyl (C=O) groups is 1. The van der Waals surface area contributed by atoms with Gasteiger partial charge in [0.1, 0.15) is 5.69 Å². The molecule has 2 N–H and O–H groups in total. The van der Waals surface area contributed by atoms with Crippen LogP contribution in [0.2, 0.25) is 23.2 Å². The summed E-state index contributed by atoms with van der Waals surface area (Å²) in [6.45, 7) is 11.9. The molecule has 0 fully saturated rings. The van der Waals surface area contributed by atoms with E-state index >= 15 is 0 Å². The Morgan fingerprint density at radius 1 is 1.19 bits per heavy atom. The van der Waals surface area contributed by atoms with E-state index in [1.54, 1.807) is 0 Å². The highest BCUT2D eigenvalue weighted by Gasteiger charge is 2.40. The monoisotopic (exact) mass is 454 g/mol. The first-order chi connectivity index (χ1) is 14.5. The summed E-state index contributed by atoms with van der Waals surface area (Å²) in [7, 11) is -1.89. The Balaban J connectivity index is 1.54. The molecule has 4 nitrogen and oxygen atoms in total. The molecule has 1 heterocycles. The number of halogens is 1. The number of nitrogens with one attached hydrogen (secondary N) is 2. The van der Waals surface area contributed by atoms with Crippen LogP contribution in [-0.4, -0.2) is 31.9 Å². The lowest BCUT2D eigenvalue weighted by Gasteiger charge is -2.37. The second-order valence-electron chi connectivity index (χ2n) is 10.1. The third-order valence-corrected chi connectivity index (χ3v) is 11.7. The first-order valence-corrected chi connectivity index (χ1v) is 14.1. The Morgan fingerprint density at radius 3 is 2.68 bits per heavy atom. The van der Waals surface area contributed by atoms with Gasteiger partial charge in [0.05, 0.1) is 0 Å². The second kappa shape index (κ2) is 8.12. The predicted octanol–water partition coefficient (Wildman–Crippen LogP) is 6.28. The van der Waals surface area contributed by atoms with Crippen LogP contribution < -0.4 is 5.32 Å². The molecule has 3 aromatic rings. The molecule has 0 unspecified atom stereocenters. The van der Waals surface area contributed by atoms with Gasteiger partial charge in [-0.15, -0.1) is 0 Å². The SMILES string of the molecule is CC(C)(C)[Si](C)(C)OC[C@H]1c2ccccc2C[C@H]1NC(=O)c1cc2cc(Cl)ccc2[nH]1. The summed E-state index contributed by atoms with van der Waals surface area (Å²) in [5.74, 6) is 0.0514. The molecule has 1 aromatic heterocycles. The molecule has 0 aliphatic heterocycles. The zero-order valence-corrected chi connectivity index (χ0v) is 20.6. The summed E-state index contributed by atoms with van der Waals surface area (Å²) in [5.41, 5.74) is 4.04. The first kappa shape index (κ1) is 22.1. The van der Waals surface area contributed by atoms with Crippen LogP contribution in [0.5, 0.6) is 0 Å². The van der Waals surface area contributed by atoms with Gasteiger partial charge >= 0.3 is 0 Å². The number of hydrogen-bond acceptors (Lipinski definition) is 2. The second-order valence-corrected chi connectivity index (χ2v) is 15.3. The molecule has 1 aliphatic rings. The number of rotatable bonds is 5. The van der Waals surface area contributed by atoms with Crippen molar-refractivity contribution < 1.29 is 9.22 Å². The van der Waals surface area contributed by atoms with Crippen molar-refractivity contribution in [1.82, 2.24) is 10.3 Å². The number of aromatic nitrogens is 1. The van der Waals surface area contributed by atoms with E-state index in [1.807, 2.05) is 24.3 Å². The first-order valence-electron chi connectivity index (χ1n) is 10.9. The van der Waals surface area contributed by atoms with Gasteiger partial charge < -0.3 is 14.7 Å². The Morgan fingerprint density at radius 2 is 1.94 bits per heavy atom. The van der Waals surface area contributed by atoms with Crippen LogP contribution in [0.3, 0.4) is 0 Å². The largest absolute Gasteiger partial charge is 0.416 e. The normalized spacial score (nSPS) is 18.9. The minimum Gasteiger partial charge on any atom is -0.416 e. The van der Waals surface area contributed by atoms with Crippen molar-refractivity contribution in [2.24, 2.45) is 0 Å². The third kappa shape index (κ3) is 4.45. The highest BCUT2D eigenvalue weighted by atomic mass is 35.5. The van der Waals surface area contributed by atoms with Gasteiger partial charge in [-0.05, 0) is 59.9 Å². The number of amides is 1. The average molecular weight is 455 g/mol. The lowest BCUT2D eigenvalue weighted by atomic mass is 9.99. The van der Waals surface area contributed by atoms with Crippen molar-refractivity contribution >= 4 is 36.7 Å². The van der Waals surface area contributed by atoms with E-state index in [1.165, 1.54) is 11.1 Å². The maximum Gasteiger partial charge on any atom is 0.267 e. The van der Waals surface area contributed by atoms with Gasteiger partial charge in [0.2, 0.25) is 0 Å². The van der Waals surface area contributed by atoms with Crippen molar-refractivity contribution in [1.29, 1.82) is 0 Å². The van der Waals surface area contributed by atoms with Crippen LogP contribution in [0.25, 0.3) is 10.9 Å².